The molecule has 94 valence electrons. The average Bonchev–Trinajstić information content (AvgIpc) is 2.80. The van der Waals surface area contributed by atoms with Crippen LogP contribution < -0.4 is 10.1 Å². The molecular weight excluding hydrogens is 217 g/mol. The van der Waals surface area contributed by atoms with E-state index in [0.29, 0.717) is 11.3 Å². The van der Waals surface area contributed by atoms with E-state index >= 15 is 0 Å². The molecule has 1 aliphatic heterocycles. The summed E-state index contributed by atoms with van der Waals surface area (Å²) in [4.78, 5) is 0. The van der Waals surface area contributed by atoms with Gasteiger partial charge in [-0.3, -0.25) is 0 Å². The lowest BCUT2D eigenvalue weighted by Crippen LogP contribution is -2.14. The van der Waals surface area contributed by atoms with E-state index in [9.17, 15) is 4.39 Å². The fraction of sp³-hybridized carbons (Fsp3) is 0.571. The van der Waals surface area contributed by atoms with E-state index in [1.165, 1.54) is 0 Å². The molecule has 0 radical (unpaired) electrons. The number of ether oxygens (including phenoxy) is 1. The van der Waals surface area contributed by atoms with Crippen molar-refractivity contribution in [1.82, 2.24) is 5.32 Å². The summed E-state index contributed by atoms with van der Waals surface area (Å²) < 4.78 is 19.4. The Bertz CT molecular complexity index is 397. The van der Waals surface area contributed by atoms with E-state index in [1.807, 2.05) is 19.9 Å². The first kappa shape index (κ1) is 12.4. The summed E-state index contributed by atoms with van der Waals surface area (Å²) in [5, 5.41) is 3.38. The Morgan fingerprint density at radius 3 is 2.71 bits per heavy atom. The molecule has 1 saturated heterocycles. The van der Waals surface area contributed by atoms with Gasteiger partial charge < -0.3 is 10.1 Å². The molecule has 0 spiro atoms. The largest absolute Gasteiger partial charge is 0.496 e. The van der Waals surface area contributed by atoms with Crippen molar-refractivity contribution in [3.63, 3.8) is 0 Å². The van der Waals surface area contributed by atoms with Crippen LogP contribution in [-0.4, -0.2) is 13.7 Å². The summed E-state index contributed by atoms with van der Waals surface area (Å²) in [5.74, 6) is 0.655. The first-order valence-corrected chi connectivity index (χ1v) is 6.24. The minimum absolute atomic E-state index is 0.135. The van der Waals surface area contributed by atoms with Gasteiger partial charge in [0, 0.05) is 11.6 Å². The van der Waals surface area contributed by atoms with Gasteiger partial charge in [-0.25, -0.2) is 4.39 Å². The van der Waals surface area contributed by atoms with Crippen molar-refractivity contribution in [2.75, 3.05) is 13.7 Å². The number of hydrogen-bond donors (Lipinski definition) is 1. The highest BCUT2D eigenvalue weighted by molar-refractivity contribution is 5.42. The van der Waals surface area contributed by atoms with Gasteiger partial charge in [0.2, 0.25) is 0 Å². The molecule has 17 heavy (non-hydrogen) atoms. The molecule has 2 nitrogen and oxygen atoms in total. The molecule has 0 aliphatic carbocycles. The molecule has 1 aliphatic rings. The lowest BCUT2D eigenvalue weighted by atomic mass is 9.96. The molecule has 1 N–H and O–H groups in total. The summed E-state index contributed by atoms with van der Waals surface area (Å²) in [5.41, 5.74) is 1.68. The van der Waals surface area contributed by atoms with Gasteiger partial charge in [0.25, 0.3) is 0 Å². The van der Waals surface area contributed by atoms with E-state index in [4.69, 9.17) is 4.74 Å². The lowest BCUT2D eigenvalue weighted by Gasteiger charge is -2.17. The van der Waals surface area contributed by atoms with Crippen LogP contribution in [0.5, 0.6) is 5.75 Å². The Labute approximate surface area is 102 Å². The summed E-state index contributed by atoms with van der Waals surface area (Å²) >= 11 is 0. The second-order valence-corrected chi connectivity index (χ2v) is 4.92. The minimum Gasteiger partial charge on any atom is -0.496 e. The molecule has 1 atom stereocenters. The first-order valence-electron chi connectivity index (χ1n) is 6.24. The Morgan fingerprint density at radius 1 is 1.41 bits per heavy atom. The predicted octanol–water partition coefficient (Wildman–Crippen LogP) is 3.38. The van der Waals surface area contributed by atoms with E-state index in [2.05, 4.69) is 5.32 Å². The van der Waals surface area contributed by atoms with E-state index in [1.54, 1.807) is 13.2 Å². The van der Waals surface area contributed by atoms with Crippen LogP contribution in [-0.2, 0) is 0 Å². The van der Waals surface area contributed by atoms with Crippen LogP contribution in [0.25, 0.3) is 0 Å². The maximum Gasteiger partial charge on any atom is 0.130 e. The van der Waals surface area contributed by atoms with E-state index in [0.717, 1.165) is 24.9 Å². The zero-order chi connectivity index (χ0) is 12.4. The Hall–Kier alpha value is -1.09. The smallest absolute Gasteiger partial charge is 0.130 e. The number of hydrogen-bond acceptors (Lipinski definition) is 2. The highest BCUT2D eigenvalue weighted by Crippen LogP contribution is 2.34. The van der Waals surface area contributed by atoms with Crippen LogP contribution in [0.4, 0.5) is 4.39 Å². The van der Waals surface area contributed by atoms with Gasteiger partial charge in [0.05, 0.1) is 7.11 Å². The van der Waals surface area contributed by atoms with Gasteiger partial charge in [-0.2, -0.15) is 0 Å². The van der Waals surface area contributed by atoms with Gasteiger partial charge in [-0.05, 0) is 43.0 Å². The second kappa shape index (κ2) is 5.05. The molecule has 1 heterocycles. The summed E-state index contributed by atoms with van der Waals surface area (Å²) in [7, 11) is 1.60. The van der Waals surface area contributed by atoms with Crippen molar-refractivity contribution >= 4 is 0 Å². The molecule has 2 rings (SSSR count). The highest BCUT2D eigenvalue weighted by Gasteiger charge is 2.21. The quantitative estimate of drug-likeness (QED) is 0.870. The first-order chi connectivity index (χ1) is 8.13. The van der Waals surface area contributed by atoms with Gasteiger partial charge in [-0.15, -0.1) is 0 Å². The topological polar surface area (TPSA) is 21.3 Å². The van der Waals surface area contributed by atoms with Gasteiger partial charge >= 0.3 is 0 Å². The van der Waals surface area contributed by atoms with Crippen LogP contribution in [0.3, 0.4) is 0 Å². The van der Waals surface area contributed by atoms with Crippen molar-refractivity contribution in [1.29, 1.82) is 0 Å². The maximum absolute atomic E-state index is 14.1. The van der Waals surface area contributed by atoms with Gasteiger partial charge in [0.15, 0.2) is 0 Å². The summed E-state index contributed by atoms with van der Waals surface area (Å²) in [6.07, 6.45) is 2.23. The fourth-order valence-corrected chi connectivity index (χ4v) is 2.51. The molecule has 0 aromatic heterocycles. The molecule has 1 aromatic rings. The van der Waals surface area contributed by atoms with Crippen LogP contribution in [0.2, 0.25) is 0 Å². The van der Waals surface area contributed by atoms with Gasteiger partial charge in [-0.1, -0.05) is 13.8 Å². The van der Waals surface area contributed by atoms with Crippen LogP contribution >= 0.6 is 0 Å². The zero-order valence-electron chi connectivity index (χ0n) is 10.7. The third-order valence-electron chi connectivity index (χ3n) is 3.37. The second-order valence-electron chi connectivity index (χ2n) is 4.92. The molecule has 0 saturated carbocycles. The van der Waals surface area contributed by atoms with E-state index < -0.39 is 0 Å². The summed E-state index contributed by atoms with van der Waals surface area (Å²) in [6, 6.07) is 3.90. The maximum atomic E-state index is 14.1. The molecular formula is C14H20FNO. The highest BCUT2D eigenvalue weighted by atomic mass is 19.1. The average molecular weight is 237 g/mol. The molecule has 1 aromatic carbocycles. The number of methoxy groups -OCH3 is 1. The van der Waals surface area contributed by atoms with Crippen molar-refractivity contribution in [3.05, 3.63) is 29.1 Å². The van der Waals surface area contributed by atoms with Crippen LogP contribution in [0.1, 0.15) is 49.8 Å². The minimum atomic E-state index is -0.150. The normalized spacial score (nSPS) is 19.9. The van der Waals surface area contributed by atoms with Crippen molar-refractivity contribution in [3.8, 4) is 5.75 Å². The van der Waals surface area contributed by atoms with Gasteiger partial charge in [0.1, 0.15) is 11.6 Å². The lowest BCUT2D eigenvalue weighted by molar-refractivity contribution is 0.400. The molecule has 1 unspecified atom stereocenters. The number of rotatable bonds is 3. The third kappa shape index (κ3) is 2.44. The molecule has 0 bridgehead atoms. The predicted molar refractivity (Wildman–Crippen MR) is 67.0 cm³/mol. The fourth-order valence-electron chi connectivity index (χ4n) is 2.51. The van der Waals surface area contributed by atoms with E-state index in [-0.39, 0.29) is 17.8 Å². The Morgan fingerprint density at radius 2 is 2.18 bits per heavy atom. The third-order valence-corrected chi connectivity index (χ3v) is 3.37. The molecule has 1 fully saturated rings. The van der Waals surface area contributed by atoms with Crippen molar-refractivity contribution < 1.29 is 9.13 Å². The van der Waals surface area contributed by atoms with Crippen molar-refractivity contribution in [2.24, 2.45) is 0 Å². The monoisotopic (exact) mass is 237 g/mol. The Kier molecular flexibility index (Phi) is 3.67. The number of halogens is 1. The standard InChI is InChI=1S/C14H20FNO/c1-9(2)14-11(15)7-10(8-13(14)17-3)12-5-4-6-16-12/h7-9,12,16H,4-6H2,1-3H3. The molecule has 0 amide bonds. The number of nitrogens with one attached hydrogen (secondary N) is 1. The van der Waals surface area contributed by atoms with Crippen LogP contribution in [0, 0.1) is 5.82 Å². The number of benzene rings is 1. The van der Waals surface area contributed by atoms with Crippen molar-refractivity contribution in [2.45, 2.75) is 38.6 Å². The molecule has 3 heteroatoms. The SMILES string of the molecule is COc1cc(C2CCCN2)cc(F)c1C(C)C. The summed E-state index contributed by atoms with van der Waals surface area (Å²) in [6.45, 7) is 4.98. The Balaban J connectivity index is 2.40. The van der Waals surface area contributed by atoms with Crippen LogP contribution in [0.15, 0.2) is 12.1 Å². The zero-order valence-corrected chi connectivity index (χ0v) is 10.7.